The minimum atomic E-state index is 0.201. The van der Waals surface area contributed by atoms with Crippen LogP contribution >= 0.6 is 0 Å². The third-order valence-corrected chi connectivity index (χ3v) is 5.72. The van der Waals surface area contributed by atoms with Crippen molar-refractivity contribution in [3.8, 4) is 16.9 Å². The van der Waals surface area contributed by atoms with Gasteiger partial charge in [-0.3, -0.25) is 4.68 Å². The standard InChI is InChI=1S/C25H29N5/c1-17-9-11-23(12-10-17)30-16-22(25(28-30)21-8-6-7-18(2)13-21)14-26-19(3)24-15-27-29(5)20(24)4/h6-13,15-16,19,26H,14H2,1-5H3. The van der Waals surface area contributed by atoms with E-state index in [-0.39, 0.29) is 6.04 Å². The van der Waals surface area contributed by atoms with Gasteiger partial charge >= 0.3 is 0 Å². The Balaban J connectivity index is 1.66. The van der Waals surface area contributed by atoms with Crippen LogP contribution in [0.2, 0.25) is 0 Å². The number of nitrogens with zero attached hydrogens (tertiary/aromatic N) is 4. The number of rotatable bonds is 6. The summed E-state index contributed by atoms with van der Waals surface area (Å²) in [5.74, 6) is 0. The van der Waals surface area contributed by atoms with Crippen LogP contribution in [0.25, 0.3) is 16.9 Å². The van der Waals surface area contributed by atoms with E-state index in [1.165, 1.54) is 27.9 Å². The van der Waals surface area contributed by atoms with Crippen molar-refractivity contribution in [1.82, 2.24) is 24.9 Å². The Kier molecular flexibility index (Phi) is 5.55. The van der Waals surface area contributed by atoms with Gasteiger partial charge in [0.05, 0.1) is 17.6 Å². The van der Waals surface area contributed by atoms with Gasteiger partial charge in [0.15, 0.2) is 0 Å². The molecule has 0 aliphatic heterocycles. The maximum atomic E-state index is 4.95. The molecule has 0 aliphatic rings. The second kappa shape index (κ2) is 8.28. The van der Waals surface area contributed by atoms with Crippen molar-refractivity contribution < 1.29 is 0 Å². The van der Waals surface area contributed by atoms with Gasteiger partial charge in [0, 0.05) is 48.2 Å². The summed E-state index contributed by atoms with van der Waals surface area (Å²) < 4.78 is 3.90. The molecule has 2 aromatic heterocycles. The Bertz CT molecular complexity index is 1150. The second-order valence-corrected chi connectivity index (χ2v) is 8.06. The normalized spacial score (nSPS) is 12.3. The summed E-state index contributed by atoms with van der Waals surface area (Å²) >= 11 is 0. The van der Waals surface area contributed by atoms with Gasteiger partial charge in [0.25, 0.3) is 0 Å². The Labute approximate surface area is 178 Å². The minimum Gasteiger partial charge on any atom is -0.306 e. The summed E-state index contributed by atoms with van der Waals surface area (Å²) in [5.41, 5.74) is 9.28. The molecule has 0 spiro atoms. The molecule has 2 aromatic carbocycles. The summed E-state index contributed by atoms with van der Waals surface area (Å²) in [6.07, 6.45) is 4.09. The highest BCUT2D eigenvalue weighted by Gasteiger charge is 2.16. The van der Waals surface area contributed by atoms with Crippen LogP contribution in [0, 0.1) is 20.8 Å². The second-order valence-electron chi connectivity index (χ2n) is 8.06. The molecule has 1 N–H and O–H groups in total. The SMILES string of the molecule is Cc1ccc(-n2cc(CNC(C)c3cnn(C)c3C)c(-c3cccc(C)c3)n2)cc1. The molecular weight excluding hydrogens is 370 g/mol. The number of aromatic nitrogens is 4. The molecule has 0 saturated carbocycles. The molecular formula is C25H29N5. The fourth-order valence-corrected chi connectivity index (χ4v) is 3.72. The van der Waals surface area contributed by atoms with Crippen molar-refractivity contribution in [2.75, 3.05) is 0 Å². The lowest BCUT2D eigenvalue weighted by atomic mass is 10.0. The Morgan fingerprint density at radius 3 is 2.43 bits per heavy atom. The monoisotopic (exact) mass is 399 g/mol. The van der Waals surface area contributed by atoms with Crippen molar-refractivity contribution in [2.24, 2.45) is 7.05 Å². The van der Waals surface area contributed by atoms with Crippen molar-refractivity contribution in [1.29, 1.82) is 0 Å². The third-order valence-electron chi connectivity index (χ3n) is 5.72. The van der Waals surface area contributed by atoms with Crippen molar-refractivity contribution in [3.63, 3.8) is 0 Å². The van der Waals surface area contributed by atoms with Gasteiger partial charge in [-0.1, -0.05) is 41.5 Å². The number of nitrogens with one attached hydrogen (secondary N) is 1. The molecule has 0 saturated heterocycles. The first-order valence-electron chi connectivity index (χ1n) is 10.4. The van der Waals surface area contributed by atoms with Crippen molar-refractivity contribution in [3.05, 3.63) is 88.9 Å². The zero-order valence-corrected chi connectivity index (χ0v) is 18.3. The zero-order valence-electron chi connectivity index (χ0n) is 18.3. The van der Waals surface area contributed by atoms with Gasteiger partial charge in [-0.15, -0.1) is 0 Å². The maximum Gasteiger partial charge on any atom is 0.0972 e. The summed E-state index contributed by atoms with van der Waals surface area (Å²) in [7, 11) is 1.98. The lowest BCUT2D eigenvalue weighted by Crippen LogP contribution is -2.18. The van der Waals surface area contributed by atoms with Crippen LogP contribution < -0.4 is 5.32 Å². The number of hydrogen-bond donors (Lipinski definition) is 1. The average Bonchev–Trinajstić information content (AvgIpc) is 3.31. The lowest BCUT2D eigenvalue weighted by molar-refractivity contribution is 0.571. The fraction of sp³-hybridized carbons (Fsp3) is 0.280. The predicted molar refractivity (Wildman–Crippen MR) is 122 cm³/mol. The van der Waals surface area contributed by atoms with E-state index in [1.807, 2.05) is 22.6 Å². The van der Waals surface area contributed by atoms with Gasteiger partial charge in [-0.25, -0.2) is 4.68 Å². The first kappa shape index (κ1) is 20.1. The first-order chi connectivity index (χ1) is 14.4. The molecule has 0 amide bonds. The predicted octanol–water partition coefficient (Wildman–Crippen LogP) is 5.05. The van der Waals surface area contributed by atoms with Crippen LogP contribution in [0.15, 0.2) is 60.9 Å². The van der Waals surface area contributed by atoms with E-state index in [2.05, 4.69) is 92.8 Å². The van der Waals surface area contributed by atoms with E-state index >= 15 is 0 Å². The summed E-state index contributed by atoms with van der Waals surface area (Å²) in [6, 6.07) is 17.2. The molecule has 4 rings (SSSR count). The smallest absolute Gasteiger partial charge is 0.0972 e. The average molecular weight is 400 g/mol. The molecule has 154 valence electrons. The van der Waals surface area contributed by atoms with E-state index in [1.54, 1.807) is 0 Å². The van der Waals surface area contributed by atoms with E-state index < -0.39 is 0 Å². The van der Waals surface area contributed by atoms with E-state index in [4.69, 9.17) is 5.10 Å². The quantitative estimate of drug-likeness (QED) is 0.494. The molecule has 2 heterocycles. The van der Waals surface area contributed by atoms with Crippen LogP contribution in [0.3, 0.4) is 0 Å². The molecule has 1 unspecified atom stereocenters. The third kappa shape index (κ3) is 4.07. The maximum absolute atomic E-state index is 4.95. The van der Waals surface area contributed by atoms with Crippen LogP contribution in [0.1, 0.15) is 40.9 Å². The van der Waals surface area contributed by atoms with Gasteiger partial charge in [0.1, 0.15) is 0 Å². The van der Waals surface area contributed by atoms with Crippen molar-refractivity contribution >= 4 is 0 Å². The molecule has 5 heteroatoms. The molecule has 0 radical (unpaired) electrons. The van der Waals surface area contributed by atoms with Crippen LogP contribution in [-0.4, -0.2) is 19.6 Å². The molecule has 0 fully saturated rings. The van der Waals surface area contributed by atoms with Crippen LogP contribution in [0.5, 0.6) is 0 Å². The lowest BCUT2D eigenvalue weighted by Gasteiger charge is -2.13. The summed E-state index contributed by atoms with van der Waals surface area (Å²) in [6.45, 7) is 9.23. The first-order valence-corrected chi connectivity index (χ1v) is 10.4. The van der Waals surface area contributed by atoms with Gasteiger partial charge in [-0.2, -0.15) is 10.2 Å². The van der Waals surface area contributed by atoms with Crippen molar-refractivity contribution in [2.45, 2.75) is 40.3 Å². The number of hydrogen-bond acceptors (Lipinski definition) is 3. The molecule has 0 aliphatic carbocycles. The fourth-order valence-electron chi connectivity index (χ4n) is 3.72. The van der Waals surface area contributed by atoms with Crippen LogP contribution in [0.4, 0.5) is 0 Å². The highest BCUT2D eigenvalue weighted by atomic mass is 15.3. The molecule has 1 atom stereocenters. The van der Waals surface area contributed by atoms with Gasteiger partial charge in [-0.05, 0) is 45.9 Å². The number of benzene rings is 2. The Morgan fingerprint density at radius 1 is 1.00 bits per heavy atom. The van der Waals surface area contributed by atoms with Crippen LogP contribution in [-0.2, 0) is 13.6 Å². The molecule has 30 heavy (non-hydrogen) atoms. The number of aryl methyl sites for hydroxylation is 3. The minimum absolute atomic E-state index is 0.201. The Morgan fingerprint density at radius 2 is 1.77 bits per heavy atom. The van der Waals surface area contributed by atoms with Gasteiger partial charge < -0.3 is 5.32 Å². The van der Waals surface area contributed by atoms with E-state index in [9.17, 15) is 0 Å². The summed E-state index contributed by atoms with van der Waals surface area (Å²) in [5, 5.41) is 13.0. The highest BCUT2D eigenvalue weighted by Crippen LogP contribution is 2.26. The van der Waals surface area contributed by atoms with E-state index in [0.29, 0.717) is 0 Å². The summed E-state index contributed by atoms with van der Waals surface area (Å²) in [4.78, 5) is 0. The highest BCUT2D eigenvalue weighted by molar-refractivity contribution is 5.64. The molecule has 5 nitrogen and oxygen atoms in total. The zero-order chi connectivity index (χ0) is 21.3. The molecule has 0 bridgehead atoms. The van der Waals surface area contributed by atoms with E-state index in [0.717, 1.165) is 23.5 Å². The van der Waals surface area contributed by atoms with Gasteiger partial charge in [0.2, 0.25) is 0 Å². The Hall–Kier alpha value is -3.18. The topological polar surface area (TPSA) is 47.7 Å². The molecule has 4 aromatic rings. The largest absolute Gasteiger partial charge is 0.306 e.